The molecular formula is C14H30OS2Si. The first-order valence-corrected chi connectivity index (χ1v) is 11.9. The van der Waals surface area contributed by atoms with E-state index in [-0.39, 0.29) is 0 Å². The summed E-state index contributed by atoms with van der Waals surface area (Å²) >= 11 is 4.25. The average Bonchev–Trinajstić information content (AvgIpc) is 2.14. The molecule has 1 saturated heterocycles. The van der Waals surface area contributed by atoms with Crippen molar-refractivity contribution in [1.82, 2.24) is 0 Å². The molecule has 108 valence electrons. The predicted molar refractivity (Wildman–Crippen MR) is 90.3 cm³/mol. The summed E-state index contributed by atoms with van der Waals surface area (Å²) in [7, 11) is -1.60. The van der Waals surface area contributed by atoms with E-state index in [1.165, 1.54) is 24.3 Å². The largest absolute Gasteiger partial charge is 0.414 e. The molecule has 0 N–H and O–H groups in total. The molecule has 1 aliphatic heterocycles. The summed E-state index contributed by atoms with van der Waals surface area (Å²) in [6.07, 6.45) is 2.92. The van der Waals surface area contributed by atoms with Crippen molar-refractivity contribution in [3.8, 4) is 0 Å². The van der Waals surface area contributed by atoms with Gasteiger partial charge in [0.05, 0.1) is 4.08 Å². The lowest BCUT2D eigenvalue weighted by Crippen LogP contribution is -2.44. The normalized spacial score (nSPS) is 22.8. The summed E-state index contributed by atoms with van der Waals surface area (Å²) < 4.78 is 6.86. The smallest absolute Gasteiger partial charge is 0.192 e. The van der Waals surface area contributed by atoms with E-state index in [1.807, 2.05) is 0 Å². The van der Waals surface area contributed by atoms with Crippen molar-refractivity contribution < 1.29 is 4.43 Å². The Labute approximate surface area is 123 Å². The van der Waals surface area contributed by atoms with Gasteiger partial charge < -0.3 is 4.43 Å². The molecule has 1 nitrogen and oxygen atoms in total. The molecule has 1 rings (SSSR count). The average molecular weight is 307 g/mol. The highest BCUT2D eigenvalue weighted by Crippen LogP contribution is 2.46. The molecule has 0 aromatic heterocycles. The lowest BCUT2D eigenvalue weighted by Gasteiger charge is -2.41. The van der Waals surface area contributed by atoms with E-state index in [0.29, 0.717) is 15.2 Å². The molecule has 0 amide bonds. The molecule has 4 heteroatoms. The van der Waals surface area contributed by atoms with Crippen molar-refractivity contribution in [3.63, 3.8) is 0 Å². The van der Waals surface area contributed by atoms with Gasteiger partial charge in [0.1, 0.15) is 0 Å². The second kappa shape index (κ2) is 6.11. The molecule has 18 heavy (non-hydrogen) atoms. The van der Waals surface area contributed by atoms with Gasteiger partial charge in [0.25, 0.3) is 0 Å². The van der Waals surface area contributed by atoms with Gasteiger partial charge in [0.15, 0.2) is 8.32 Å². The van der Waals surface area contributed by atoms with Crippen molar-refractivity contribution >= 4 is 31.8 Å². The van der Waals surface area contributed by atoms with Crippen LogP contribution in [0.25, 0.3) is 0 Å². The lowest BCUT2D eigenvalue weighted by molar-refractivity contribution is 0.187. The van der Waals surface area contributed by atoms with Crippen molar-refractivity contribution in [2.45, 2.75) is 75.8 Å². The summed E-state index contributed by atoms with van der Waals surface area (Å²) in [4.78, 5) is 0. The molecule has 1 atom stereocenters. The van der Waals surface area contributed by atoms with Gasteiger partial charge in [0.2, 0.25) is 0 Å². The Kier molecular flexibility index (Phi) is 5.74. The van der Waals surface area contributed by atoms with Gasteiger partial charge >= 0.3 is 0 Å². The van der Waals surface area contributed by atoms with Gasteiger partial charge in [-0.2, -0.15) is 0 Å². The van der Waals surface area contributed by atoms with Gasteiger partial charge in [0, 0.05) is 6.10 Å². The fourth-order valence-corrected chi connectivity index (χ4v) is 6.64. The van der Waals surface area contributed by atoms with Crippen LogP contribution in [0.5, 0.6) is 0 Å². The fraction of sp³-hybridized carbons (Fsp3) is 1.00. The Morgan fingerprint density at radius 2 is 1.72 bits per heavy atom. The van der Waals surface area contributed by atoms with Crippen LogP contribution in [0.4, 0.5) is 0 Å². The minimum absolute atomic E-state index is 0.314. The summed E-state index contributed by atoms with van der Waals surface area (Å²) in [6, 6.07) is 0. The number of thioether (sulfide) groups is 2. The Morgan fingerprint density at radius 3 is 2.17 bits per heavy atom. The quantitative estimate of drug-likeness (QED) is 0.646. The number of hydrogen-bond donors (Lipinski definition) is 0. The van der Waals surface area contributed by atoms with Crippen LogP contribution in [-0.2, 0) is 4.43 Å². The zero-order chi connectivity index (χ0) is 14.0. The van der Waals surface area contributed by atoms with Crippen LogP contribution >= 0.6 is 23.5 Å². The van der Waals surface area contributed by atoms with Crippen LogP contribution in [0.2, 0.25) is 18.1 Å². The second-order valence-corrected chi connectivity index (χ2v) is 15.3. The maximum Gasteiger partial charge on any atom is 0.192 e. The van der Waals surface area contributed by atoms with Crippen LogP contribution < -0.4 is 0 Å². The Balaban J connectivity index is 2.53. The Hall–Kier alpha value is 0.877. The third kappa shape index (κ3) is 4.77. The second-order valence-electron chi connectivity index (χ2n) is 7.08. The molecule has 1 fully saturated rings. The van der Waals surface area contributed by atoms with E-state index in [1.54, 1.807) is 0 Å². The lowest BCUT2D eigenvalue weighted by atomic mass is 10.2. The molecule has 0 spiro atoms. The molecular weight excluding hydrogens is 276 g/mol. The number of hydrogen-bond acceptors (Lipinski definition) is 3. The number of rotatable bonds is 4. The summed E-state index contributed by atoms with van der Waals surface area (Å²) in [5.41, 5.74) is 0. The summed E-state index contributed by atoms with van der Waals surface area (Å²) in [5.74, 6) is 2.63. The Bertz CT molecular complexity index is 267. The molecule has 0 unspecified atom stereocenters. The van der Waals surface area contributed by atoms with Crippen molar-refractivity contribution in [2.75, 3.05) is 11.5 Å². The van der Waals surface area contributed by atoms with Crippen LogP contribution in [0.1, 0.15) is 47.5 Å². The van der Waals surface area contributed by atoms with E-state index in [4.69, 9.17) is 4.43 Å². The third-order valence-electron chi connectivity index (χ3n) is 4.06. The maximum atomic E-state index is 6.48. The first-order chi connectivity index (χ1) is 8.06. The monoisotopic (exact) mass is 306 g/mol. The topological polar surface area (TPSA) is 9.23 Å². The molecule has 0 aromatic rings. The van der Waals surface area contributed by atoms with Crippen molar-refractivity contribution in [2.24, 2.45) is 0 Å². The highest BCUT2D eigenvalue weighted by Gasteiger charge is 2.40. The van der Waals surface area contributed by atoms with Gasteiger partial charge in [-0.15, -0.1) is 23.5 Å². The molecule has 0 radical (unpaired) electrons. The van der Waals surface area contributed by atoms with Crippen LogP contribution in [-0.4, -0.2) is 30.0 Å². The zero-order valence-corrected chi connectivity index (χ0v) is 15.8. The minimum Gasteiger partial charge on any atom is -0.414 e. The first-order valence-electron chi connectivity index (χ1n) is 7.01. The van der Waals surface area contributed by atoms with Crippen LogP contribution in [0.3, 0.4) is 0 Å². The van der Waals surface area contributed by atoms with Gasteiger partial charge in [-0.25, -0.2) is 0 Å². The van der Waals surface area contributed by atoms with E-state index in [9.17, 15) is 0 Å². The maximum absolute atomic E-state index is 6.48. The van der Waals surface area contributed by atoms with Crippen LogP contribution in [0.15, 0.2) is 0 Å². The van der Waals surface area contributed by atoms with Gasteiger partial charge in [-0.05, 0) is 56.3 Å². The van der Waals surface area contributed by atoms with E-state index in [2.05, 4.69) is 71.2 Å². The highest BCUT2D eigenvalue weighted by atomic mass is 32.2. The molecule has 0 aliphatic carbocycles. The molecule has 1 aliphatic rings. The van der Waals surface area contributed by atoms with Gasteiger partial charge in [-0.3, -0.25) is 0 Å². The standard InChI is InChI=1S/C14H30OS2Si/c1-12(15-18(6,7)13(2,3)4)11-14(5)16-9-8-10-17-14/h12H,8-11H2,1-7H3/t12-/m1/s1. The third-order valence-corrected chi connectivity index (χ3v) is 11.9. The van der Waals surface area contributed by atoms with Crippen molar-refractivity contribution in [3.05, 3.63) is 0 Å². The van der Waals surface area contributed by atoms with Crippen LogP contribution in [0, 0.1) is 0 Å². The summed E-state index contributed by atoms with van der Waals surface area (Å²) in [5, 5.41) is 0.314. The molecule has 0 saturated carbocycles. The Morgan fingerprint density at radius 1 is 1.22 bits per heavy atom. The predicted octanol–water partition coefficient (Wildman–Crippen LogP) is 5.37. The van der Waals surface area contributed by atoms with E-state index < -0.39 is 8.32 Å². The SMILES string of the molecule is C[C@H](CC1(C)SCCCS1)O[Si](C)(C)C(C)(C)C. The molecule has 0 bridgehead atoms. The van der Waals surface area contributed by atoms with E-state index in [0.717, 1.165) is 0 Å². The summed E-state index contributed by atoms with van der Waals surface area (Å²) in [6.45, 7) is 16.3. The van der Waals surface area contributed by atoms with Crippen molar-refractivity contribution in [1.29, 1.82) is 0 Å². The zero-order valence-electron chi connectivity index (χ0n) is 13.1. The highest BCUT2D eigenvalue weighted by molar-refractivity contribution is 8.18. The molecule has 1 heterocycles. The minimum atomic E-state index is -1.60. The molecule has 0 aromatic carbocycles. The first kappa shape index (κ1) is 16.9. The van der Waals surface area contributed by atoms with E-state index >= 15 is 0 Å². The van der Waals surface area contributed by atoms with Gasteiger partial charge in [-0.1, -0.05) is 20.8 Å². The fourth-order valence-electron chi connectivity index (χ4n) is 2.04.